The Hall–Kier alpha value is -3.46. The highest BCUT2D eigenvalue weighted by molar-refractivity contribution is 5.98. The van der Waals surface area contributed by atoms with Crippen LogP contribution in [0.15, 0.2) is 54.6 Å². The minimum absolute atomic E-state index is 0.0427. The second-order valence-corrected chi connectivity index (χ2v) is 7.13. The van der Waals surface area contributed by atoms with Crippen LogP contribution in [-0.4, -0.2) is 52.7 Å². The molecule has 31 heavy (non-hydrogen) atoms. The Morgan fingerprint density at radius 2 is 1.90 bits per heavy atom. The Morgan fingerprint density at radius 1 is 1.10 bits per heavy atom. The molecule has 1 fully saturated rings. The number of carboxylic acids is 1. The van der Waals surface area contributed by atoms with Crippen molar-refractivity contribution in [3.05, 3.63) is 65.7 Å². The molecule has 1 unspecified atom stereocenters. The van der Waals surface area contributed by atoms with Gasteiger partial charge in [0.1, 0.15) is 0 Å². The number of aliphatic carboxylic acids is 1. The minimum atomic E-state index is -4.44. The third-order valence-corrected chi connectivity index (χ3v) is 5.05. The van der Waals surface area contributed by atoms with Gasteiger partial charge in [-0.25, -0.2) is 9.78 Å². The largest absolute Gasteiger partial charge is 0.479 e. The van der Waals surface area contributed by atoms with Gasteiger partial charge in [0.05, 0.1) is 29.9 Å². The molecule has 3 aromatic rings. The molecule has 160 valence electrons. The first-order chi connectivity index (χ1) is 14.7. The van der Waals surface area contributed by atoms with Gasteiger partial charge in [0.2, 0.25) is 0 Å². The highest BCUT2D eigenvalue weighted by Gasteiger charge is 2.31. The van der Waals surface area contributed by atoms with Gasteiger partial charge in [-0.3, -0.25) is 4.79 Å². The molecule has 1 aliphatic heterocycles. The summed E-state index contributed by atoms with van der Waals surface area (Å²) in [7, 11) is 0. The van der Waals surface area contributed by atoms with Gasteiger partial charge in [-0.05, 0) is 36.4 Å². The third-order valence-electron chi connectivity index (χ3n) is 5.05. The molecule has 1 N–H and O–H groups in total. The number of hydrogen-bond donors (Lipinski definition) is 1. The Morgan fingerprint density at radius 3 is 2.65 bits per heavy atom. The highest BCUT2D eigenvalue weighted by atomic mass is 19.4. The number of morpholine rings is 1. The van der Waals surface area contributed by atoms with E-state index in [1.807, 2.05) is 0 Å². The molecule has 0 radical (unpaired) electrons. The monoisotopic (exact) mass is 430 g/mol. The molecule has 0 aliphatic carbocycles. The summed E-state index contributed by atoms with van der Waals surface area (Å²) in [6.07, 6.45) is -5.50. The van der Waals surface area contributed by atoms with Crippen molar-refractivity contribution in [2.45, 2.75) is 12.3 Å². The molecule has 2 heterocycles. The van der Waals surface area contributed by atoms with E-state index in [4.69, 9.17) is 9.84 Å². The fraction of sp³-hybridized carbons (Fsp3) is 0.227. The Kier molecular flexibility index (Phi) is 5.36. The van der Waals surface area contributed by atoms with Crippen LogP contribution in [0.2, 0.25) is 0 Å². The molecule has 1 saturated heterocycles. The predicted molar refractivity (Wildman–Crippen MR) is 105 cm³/mol. The van der Waals surface area contributed by atoms with Gasteiger partial charge in [0.15, 0.2) is 6.10 Å². The molecule has 9 heteroatoms. The molecule has 0 saturated carbocycles. The Labute approximate surface area is 174 Å². The lowest BCUT2D eigenvalue weighted by molar-refractivity contribution is -0.154. The van der Waals surface area contributed by atoms with E-state index in [-0.39, 0.29) is 25.6 Å². The van der Waals surface area contributed by atoms with Crippen LogP contribution in [0.5, 0.6) is 0 Å². The van der Waals surface area contributed by atoms with E-state index in [2.05, 4.69) is 4.98 Å². The standard InChI is InChI=1S/C22H17F3N2O4/c23-22(24,25)16-3-1-2-13(11-16)17-6-4-14-10-15(5-7-18(14)26-17)20(28)27-8-9-31-19(12-27)21(29)30/h1-7,10-11,19H,8-9,12H2,(H,29,30). The summed E-state index contributed by atoms with van der Waals surface area (Å²) in [6.45, 7) is 0.379. The van der Waals surface area contributed by atoms with Crippen LogP contribution < -0.4 is 0 Å². The number of aromatic nitrogens is 1. The first kappa shape index (κ1) is 20.8. The van der Waals surface area contributed by atoms with Crippen LogP contribution in [0, 0.1) is 0 Å². The Balaban J connectivity index is 1.60. The number of alkyl halides is 3. The summed E-state index contributed by atoms with van der Waals surface area (Å²) in [6, 6.07) is 13.0. The van der Waals surface area contributed by atoms with Gasteiger partial charge >= 0.3 is 12.1 Å². The van der Waals surface area contributed by atoms with Gasteiger partial charge in [-0.2, -0.15) is 13.2 Å². The maximum Gasteiger partial charge on any atom is 0.416 e. The first-order valence-electron chi connectivity index (χ1n) is 9.44. The maximum atomic E-state index is 13.0. The first-order valence-corrected chi connectivity index (χ1v) is 9.44. The number of rotatable bonds is 3. The number of carbonyl (C=O) groups is 2. The number of carbonyl (C=O) groups excluding carboxylic acids is 1. The number of pyridine rings is 1. The molecule has 0 spiro atoms. The highest BCUT2D eigenvalue weighted by Crippen LogP contribution is 2.32. The number of hydrogen-bond acceptors (Lipinski definition) is 4. The molecule has 1 aliphatic rings. The quantitative estimate of drug-likeness (QED) is 0.683. The van der Waals surface area contributed by atoms with Crippen molar-refractivity contribution < 1.29 is 32.6 Å². The van der Waals surface area contributed by atoms with E-state index in [1.54, 1.807) is 36.4 Å². The lowest BCUT2D eigenvalue weighted by atomic mass is 10.0. The number of benzene rings is 2. The lowest BCUT2D eigenvalue weighted by Crippen LogP contribution is -2.48. The number of nitrogens with zero attached hydrogens (tertiary/aromatic N) is 2. The SMILES string of the molecule is O=C(O)C1CN(C(=O)c2ccc3nc(-c4cccc(C(F)(F)F)c4)ccc3c2)CCO1. The average Bonchev–Trinajstić information content (AvgIpc) is 2.77. The normalized spacial score (nSPS) is 17.0. The zero-order valence-corrected chi connectivity index (χ0v) is 16.1. The van der Waals surface area contributed by atoms with Crippen molar-refractivity contribution >= 4 is 22.8 Å². The van der Waals surface area contributed by atoms with Crippen LogP contribution in [-0.2, 0) is 15.7 Å². The van der Waals surface area contributed by atoms with E-state index in [9.17, 15) is 22.8 Å². The summed E-state index contributed by atoms with van der Waals surface area (Å²) in [5.74, 6) is -1.44. The van der Waals surface area contributed by atoms with E-state index < -0.39 is 23.8 Å². The second-order valence-electron chi connectivity index (χ2n) is 7.13. The smallest absolute Gasteiger partial charge is 0.416 e. The topological polar surface area (TPSA) is 79.7 Å². The number of halogens is 3. The van der Waals surface area contributed by atoms with Crippen molar-refractivity contribution in [1.82, 2.24) is 9.88 Å². The summed E-state index contributed by atoms with van der Waals surface area (Å²) in [5.41, 5.74) is 0.863. The molecule has 0 bridgehead atoms. The van der Waals surface area contributed by atoms with Crippen molar-refractivity contribution in [1.29, 1.82) is 0 Å². The predicted octanol–water partition coefficient (Wildman–Crippen LogP) is 3.85. The second kappa shape index (κ2) is 7.99. The number of amides is 1. The molecule has 6 nitrogen and oxygen atoms in total. The molecule has 4 rings (SSSR count). The zero-order chi connectivity index (χ0) is 22.2. The van der Waals surface area contributed by atoms with Crippen LogP contribution in [0.3, 0.4) is 0 Å². The van der Waals surface area contributed by atoms with E-state index in [1.165, 1.54) is 11.0 Å². The van der Waals surface area contributed by atoms with Crippen LogP contribution >= 0.6 is 0 Å². The van der Waals surface area contributed by atoms with Gasteiger partial charge in [0, 0.05) is 23.1 Å². The zero-order valence-electron chi connectivity index (χ0n) is 16.1. The molecule has 1 amide bonds. The molecular formula is C22H17F3N2O4. The maximum absolute atomic E-state index is 13.0. The number of fused-ring (bicyclic) bond motifs is 1. The van der Waals surface area contributed by atoms with Gasteiger partial charge in [0.25, 0.3) is 5.91 Å². The van der Waals surface area contributed by atoms with Crippen molar-refractivity contribution in [2.75, 3.05) is 19.7 Å². The van der Waals surface area contributed by atoms with Gasteiger partial charge in [-0.1, -0.05) is 18.2 Å². The van der Waals surface area contributed by atoms with Gasteiger partial charge in [-0.15, -0.1) is 0 Å². The van der Waals surface area contributed by atoms with Crippen molar-refractivity contribution in [2.24, 2.45) is 0 Å². The van der Waals surface area contributed by atoms with E-state index >= 15 is 0 Å². The number of carboxylic acid groups (broad SMARTS) is 1. The van der Waals surface area contributed by atoms with Crippen LogP contribution in [0.1, 0.15) is 15.9 Å². The summed E-state index contributed by atoms with van der Waals surface area (Å²) >= 11 is 0. The van der Waals surface area contributed by atoms with E-state index in [0.29, 0.717) is 27.7 Å². The third kappa shape index (κ3) is 4.36. The number of ether oxygens (including phenoxy) is 1. The summed E-state index contributed by atoms with van der Waals surface area (Å²) < 4.78 is 44.1. The summed E-state index contributed by atoms with van der Waals surface area (Å²) in [5, 5.41) is 9.74. The molecular weight excluding hydrogens is 413 g/mol. The molecule has 1 atom stereocenters. The summed E-state index contributed by atoms with van der Waals surface area (Å²) in [4.78, 5) is 29.8. The van der Waals surface area contributed by atoms with Crippen LogP contribution in [0.25, 0.3) is 22.2 Å². The molecule has 2 aromatic carbocycles. The fourth-order valence-electron chi connectivity index (χ4n) is 3.44. The molecule has 1 aromatic heterocycles. The van der Waals surface area contributed by atoms with Crippen molar-refractivity contribution in [3.8, 4) is 11.3 Å². The van der Waals surface area contributed by atoms with E-state index in [0.717, 1.165) is 12.1 Å². The lowest BCUT2D eigenvalue weighted by Gasteiger charge is -2.31. The minimum Gasteiger partial charge on any atom is -0.479 e. The fourth-order valence-corrected chi connectivity index (χ4v) is 3.44. The Bertz CT molecular complexity index is 1160. The average molecular weight is 430 g/mol. The van der Waals surface area contributed by atoms with Gasteiger partial charge < -0.3 is 14.7 Å². The van der Waals surface area contributed by atoms with Crippen molar-refractivity contribution in [3.63, 3.8) is 0 Å². The van der Waals surface area contributed by atoms with Crippen LogP contribution in [0.4, 0.5) is 13.2 Å².